The maximum atomic E-state index is 12.1. The Morgan fingerprint density at radius 2 is 2.35 bits per heavy atom. The van der Waals surface area contributed by atoms with Crippen molar-refractivity contribution in [2.24, 2.45) is 5.92 Å². The number of aryl methyl sites for hydroxylation is 2. The van der Waals surface area contributed by atoms with Crippen LogP contribution in [0.1, 0.15) is 43.9 Å². The quantitative estimate of drug-likeness (QED) is 0.780. The van der Waals surface area contributed by atoms with E-state index in [-0.39, 0.29) is 17.9 Å². The minimum atomic E-state index is 0.0772. The van der Waals surface area contributed by atoms with Gasteiger partial charge in [0, 0.05) is 31.2 Å². The first-order valence-electron chi connectivity index (χ1n) is 7.50. The number of nitrogens with zero attached hydrogens (tertiary/aromatic N) is 1. The van der Waals surface area contributed by atoms with E-state index in [0.717, 1.165) is 42.9 Å². The summed E-state index contributed by atoms with van der Waals surface area (Å²) >= 11 is 0. The van der Waals surface area contributed by atoms with E-state index in [2.05, 4.69) is 15.3 Å². The maximum Gasteiger partial charge on any atom is 0.223 e. The molecule has 5 nitrogen and oxygen atoms in total. The van der Waals surface area contributed by atoms with Crippen LogP contribution in [0.5, 0.6) is 0 Å². The van der Waals surface area contributed by atoms with Crippen LogP contribution in [0.15, 0.2) is 0 Å². The van der Waals surface area contributed by atoms with E-state index in [1.54, 1.807) is 0 Å². The third kappa shape index (κ3) is 4.07. The maximum absolute atomic E-state index is 12.1. The van der Waals surface area contributed by atoms with Gasteiger partial charge in [-0.2, -0.15) is 0 Å². The molecule has 2 N–H and O–H groups in total. The van der Waals surface area contributed by atoms with Gasteiger partial charge in [-0.1, -0.05) is 0 Å². The lowest BCUT2D eigenvalue weighted by Crippen LogP contribution is -2.35. The number of fused-ring (bicyclic) bond motifs is 1. The molecule has 0 spiro atoms. The van der Waals surface area contributed by atoms with Crippen molar-refractivity contribution in [3.05, 3.63) is 17.2 Å². The van der Waals surface area contributed by atoms with Crippen molar-refractivity contribution in [1.29, 1.82) is 0 Å². The Morgan fingerprint density at radius 1 is 1.55 bits per heavy atom. The number of aromatic nitrogens is 2. The zero-order valence-corrected chi connectivity index (χ0v) is 12.7. The Bertz CT molecular complexity index is 454. The SMILES string of the molecule is Cc1nc2c([nH]1)CC(C(=O)NCCCOC(C)C)CC2. The average Bonchev–Trinajstić information content (AvgIpc) is 2.76. The predicted octanol–water partition coefficient (Wildman–Crippen LogP) is 1.75. The molecule has 0 aliphatic heterocycles. The Balaban J connectivity index is 1.72. The van der Waals surface area contributed by atoms with Gasteiger partial charge in [-0.05, 0) is 40.0 Å². The van der Waals surface area contributed by atoms with Gasteiger partial charge >= 0.3 is 0 Å². The molecule has 0 saturated carbocycles. The number of rotatable bonds is 6. The molecule has 0 saturated heterocycles. The lowest BCUT2D eigenvalue weighted by molar-refractivity contribution is -0.125. The normalized spacial score (nSPS) is 18.1. The van der Waals surface area contributed by atoms with E-state index in [9.17, 15) is 4.79 Å². The van der Waals surface area contributed by atoms with Crippen LogP contribution < -0.4 is 5.32 Å². The van der Waals surface area contributed by atoms with Crippen molar-refractivity contribution < 1.29 is 9.53 Å². The number of ether oxygens (including phenoxy) is 1. The van der Waals surface area contributed by atoms with Crippen LogP contribution in [0.2, 0.25) is 0 Å². The second-order valence-electron chi connectivity index (χ2n) is 5.75. The Kier molecular flexibility index (Phi) is 5.17. The van der Waals surface area contributed by atoms with Gasteiger partial charge in [0.2, 0.25) is 5.91 Å². The first kappa shape index (κ1) is 15.0. The van der Waals surface area contributed by atoms with Crippen molar-refractivity contribution in [3.8, 4) is 0 Å². The molecule has 1 unspecified atom stereocenters. The van der Waals surface area contributed by atoms with E-state index in [4.69, 9.17) is 4.74 Å². The number of hydrogen-bond acceptors (Lipinski definition) is 3. The highest BCUT2D eigenvalue weighted by molar-refractivity contribution is 5.79. The number of hydrogen-bond donors (Lipinski definition) is 2. The van der Waals surface area contributed by atoms with Gasteiger partial charge in [0.15, 0.2) is 0 Å². The number of imidazole rings is 1. The highest BCUT2D eigenvalue weighted by Gasteiger charge is 2.26. The fourth-order valence-electron chi connectivity index (χ4n) is 2.59. The molecule has 0 aromatic carbocycles. The van der Waals surface area contributed by atoms with E-state index in [1.165, 1.54) is 0 Å². The summed E-state index contributed by atoms with van der Waals surface area (Å²) < 4.78 is 5.45. The summed E-state index contributed by atoms with van der Waals surface area (Å²) in [5.41, 5.74) is 2.27. The number of carbonyl (C=O) groups excluding carboxylic acids is 1. The molecule has 1 aliphatic rings. The predicted molar refractivity (Wildman–Crippen MR) is 77.6 cm³/mol. The topological polar surface area (TPSA) is 67.0 Å². The van der Waals surface area contributed by atoms with E-state index in [1.807, 2.05) is 20.8 Å². The summed E-state index contributed by atoms with van der Waals surface area (Å²) in [6.07, 6.45) is 3.70. The van der Waals surface area contributed by atoms with Gasteiger partial charge in [-0.3, -0.25) is 4.79 Å². The molecule has 1 heterocycles. The van der Waals surface area contributed by atoms with Crippen LogP contribution in [0.3, 0.4) is 0 Å². The molecule has 20 heavy (non-hydrogen) atoms. The fraction of sp³-hybridized carbons (Fsp3) is 0.733. The lowest BCUT2D eigenvalue weighted by atomic mass is 9.89. The first-order chi connectivity index (χ1) is 9.56. The second kappa shape index (κ2) is 6.88. The molecule has 112 valence electrons. The lowest BCUT2D eigenvalue weighted by Gasteiger charge is -2.20. The molecule has 1 aliphatic carbocycles. The van der Waals surface area contributed by atoms with Crippen LogP contribution in [-0.2, 0) is 22.4 Å². The molecule has 1 aromatic heterocycles. The highest BCUT2D eigenvalue weighted by atomic mass is 16.5. The largest absolute Gasteiger partial charge is 0.379 e. The summed E-state index contributed by atoms with van der Waals surface area (Å²) in [5, 5.41) is 3.01. The zero-order chi connectivity index (χ0) is 14.5. The summed E-state index contributed by atoms with van der Waals surface area (Å²) in [6, 6.07) is 0. The molecule has 1 amide bonds. The van der Waals surface area contributed by atoms with Crippen molar-refractivity contribution >= 4 is 5.91 Å². The first-order valence-corrected chi connectivity index (χ1v) is 7.50. The number of H-pyrrole nitrogens is 1. The standard InChI is InChI=1S/C15H25N3O2/c1-10(2)20-8-4-7-16-15(19)12-5-6-13-14(9-12)18-11(3)17-13/h10,12H,4-9H2,1-3H3,(H,16,19)(H,17,18). The molecule has 2 rings (SSSR count). The second-order valence-corrected chi connectivity index (χ2v) is 5.75. The van der Waals surface area contributed by atoms with Crippen molar-refractivity contribution in [1.82, 2.24) is 15.3 Å². The van der Waals surface area contributed by atoms with Gasteiger partial charge in [0.25, 0.3) is 0 Å². The molecule has 1 atom stereocenters. The van der Waals surface area contributed by atoms with E-state index < -0.39 is 0 Å². The van der Waals surface area contributed by atoms with Crippen LogP contribution in [0.25, 0.3) is 0 Å². The highest BCUT2D eigenvalue weighted by Crippen LogP contribution is 2.23. The molecule has 0 fully saturated rings. The number of carbonyl (C=O) groups is 1. The number of amides is 1. The van der Waals surface area contributed by atoms with Crippen molar-refractivity contribution in [3.63, 3.8) is 0 Å². The molecule has 0 radical (unpaired) electrons. The monoisotopic (exact) mass is 279 g/mol. The minimum Gasteiger partial charge on any atom is -0.379 e. The molecular formula is C15H25N3O2. The van der Waals surface area contributed by atoms with Crippen molar-refractivity contribution in [2.75, 3.05) is 13.2 Å². The summed E-state index contributed by atoms with van der Waals surface area (Å²) in [7, 11) is 0. The smallest absolute Gasteiger partial charge is 0.223 e. The van der Waals surface area contributed by atoms with E-state index >= 15 is 0 Å². The van der Waals surface area contributed by atoms with Crippen LogP contribution in [-0.4, -0.2) is 35.1 Å². The third-order valence-electron chi connectivity index (χ3n) is 3.61. The molecule has 5 heteroatoms. The van der Waals surface area contributed by atoms with Crippen molar-refractivity contribution in [2.45, 2.75) is 52.6 Å². The zero-order valence-electron chi connectivity index (χ0n) is 12.7. The van der Waals surface area contributed by atoms with Gasteiger partial charge in [0.1, 0.15) is 5.82 Å². The molecular weight excluding hydrogens is 254 g/mol. The van der Waals surface area contributed by atoms with Crippen LogP contribution in [0, 0.1) is 12.8 Å². The molecule has 1 aromatic rings. The van der Waals surface area contributed by atoms with Gasteiger partial charge in [-0.25, -0.2) is 4.98 Å². The third-order valence-corrected chi connectivity index (χ3v) is 3.61. The number of aromatic amines is 1. The minimum absolute atomic E-state index is 0.0772. The van der Waals surface area contributed by atoms with Gasteiger partial charge < -0.3 is 15.0 Å². The summed E-state index contributed by atoms with van der Waals surface area (Å²) in [5.74, 6) is 1.18. The Hall–Kier alpha value is -1.36. The summed E-state index contributed by atoms with van der Waals surface area (Å²) in [4.78, 5) is 19.8. The Morgan fingerprint density at radius 3 is 3.10 bits per heavy atom. The van der Waals surface area contributed by atoms with Gasteiger partial charge in [0.05, 0.1) is 11.8 Å². The fourth-order valence-corrected chi connectivity index (χ4v) is 2.59. The Labute approximate surface area is 120 Å². The number of nitrogens with one attached hydrogen (secondary N) is 2. The molecule has 0 bridgehead atoms. The summed E-state index contributed by atoms with van der Waals surface area (Å²) in [6.45, 7) is 7.39. The van der Waals surface area contributed by atoms with Gasteiger partial charge in [-0.15, -0.1) is 0 Å². The van der Waals surface area contributed by atoms with Crippen LogP contribution >= 0.6 is 0 Å². The average molecular weight is 279 g/mol. The van der Waals surface area contributed by atoms with E-state index in [0.29, 0.717) is 13.2 Å². The van der Waals surface area contributed by atoms with Crippen LogP contribution in [0.4, 0.5) is 0 Å².